The topological polar surface area (TPSA) is 58.8 Å². The van der Waals surface area contributed by atoms with E-state index in [1.165, 1.54) is 0 Å². The van der Waals surface area contributed by atoms with Crippen LogP contribution in [0.15, 0.2) is 24.3 Å². The Bertz CT molecular complexity index is 675. The summed E-state index contributed by atoms with van der Waals surface area (Å²) in [4.78, 5) is 8.67. The van der Waals surface area contributed by atoms with Crippen LogP contribution < -0.4 is 4.74 Å². The fourth-order valence-corrected chi connectivity index (χ4v) is 1.89. The van der Waals surface area contributed by atoms with Crippen LogP contribution in [0.3, 0.4) is 0 Å². The number of rotatable bonds is 4. The highest BCUT2D eigenvalue weighted by Crippen LogP contribution is 2.28. The fraction of sp³-hybridized carbons (Fsp3) is 0.312. The van der Waals surface area contributed by atoms with Gasteiger partial charge >= 0.3 is 0 Å². The third-order valence-corrected chi connectivity index (χ3v) is 3.36. The molecule has 0 unspecified atom stereocenters. The summed E-state index contributed by atoms with van der Waals surface area (Å²) >= 11 is 6.13. The van der Waals surface area contributed by atoms with Crippen LogP contribution in [0.2, 0.25) is 5.15 Å². The minimum atomic E-state index is 0.170. The molecule has 0 radical (unpaired) electrons. The number of hydrogen-bond acceptors (Lipinski definition) is 4. The van der Waals surface area contributed by atoms with Crippen molar-refractivity contribution >= 4 is 11.6 Å². The molecular weight excluding hydrogens is 286 g/mol. The molecule has 2 aromatic rings. The zero-order valence-electron chi connectivity index (χ0n) is 12.2. The third-order valence-electron chi connectivity index (χ3n) is 3.00. The molecule has 5 heteroatoms. The van der Waals surface area contributed by atoms with E-state index in [4.69, 9.17) is 21.6 Å². The highest BCUT2D eigenvalue weighted by Gasteiger charge is 2.13. The molecule has 1 aromatic carbocycles. The van der Waals surface area contributed by atoms with Crippen LogP contribution in [0, 0.1) is 18.3 Å². The summed E-state index contributed by atoms with van der Waals surface area (Å²) < 4.78 is 5.80. The molecule has 1 heterocycles. The van der Waals surface area contributed by atoms with Gasteiger partial charge in [-0.3, -0.25) is 0 Å². The molecule has 0 spiro atoms. The summed E-state index contributed by atoms with van der Waals surface area (Å²) in [6.07, 6.45) is 0.385. The second-order valence-corrected chi connectivity index (χ2v) is 5.40. The lowest BCUT2D eigenvalue weighted by atomic mass is 10.2. The van der Waals surface area contributed by atoms with Gasteiger partial charge in [-0.25, -0.2) is 4.98 Å². The molecule has 0 aliphatic carbocycles. The summed E-state index contributed by atoms with van der Waals surface area (Å²) in [6.45, 7) is 5.83. The highest BCUT2D eigenvalue weighted by atomic mass is 35.5. The molecule has 0 N–H and O–H groups in total. The zero-order chi connectivity index (χ0) is 15.4. The van der Waals surface area contributed by atoms with Crippen molar-refractivity contribution in [2.45, 2.75) is 33.1 Å². The highest BCUT2D eigenvalue weighted by molar-refractivity contribution is 6.30. The number of nitrogens with zero attached hydrogens (tertiary/aromatic N) is 3. The lowest BCUT2D eigenvalue weighted by Crippen LogP contribution is -2.02. The number of ether oxygens (including phenoxy) is 1. The Labute approximate surface area is 129 Å². The first kappa shape index (κ1) is 15.3. The first-order valence-electron chi connectivity index (χ1n) is 6.69. The van der Waals surface area contributed by atoms with Gasteiger partial charge in [-0.1, -0.05) is 37.6 Å². The van der Waals surface area contributed by atoms with E-state index < -0.39 is 0 Å². The van der Waals surface area contributed by atoms with Crippen LogP contribution in [-0.4, -0.2) is 9.97 Å². The van der Waals surface area contributed by atoms with Crippen molar-refractivity contribution in [2.75, 3.05) is 0 Å². The lowest BCUT2D eigenvalue weighted by molar-refractivity contribution is 0.452. The summed E-state index contributed by atoms with van der Waals surface area (Å²) in [6, 6.07) is 9.47. The largest absolute Gasteiger partial charge is 0.439 e. The SMILES string of the molecule is Cc1c(Cl)nc(C(C)C)nc1Oc1ccc(CC#N)cc1. The van der Waals surface area contributed by atoms with Gasteiger partial charge in [0.15, 0.2) is 0 Å². The summed E-state index contributed by atoms with van der Waals surface area (Å²) in [5, 5.41) is 9.07. The van der Waals surface area contributed by atoms with Crippen molar-refractivity contribution in [3.63, 3.8) is 0 Å². The van der Waals surface area contributed by atoms with Gasteiger partial charge in [0, 0.05) is 11.5 Å². The minimum absolute atomic E-state index is 0.170. The molecule has 4 nitrogen and oxygen atoms in total. The number of aromatic nitrogens is 2. The van der Waals surface area contributed by atoms with Gasteiger partial charge < -0.3 is 4.74 Å². The van der Waals surface area contributed by atoms with Gasteiger partial charge in [-0.15, -0.1) is 0 Å². The fourth-order valence-electron chi connectivity index (χ4n) is 1.72. The van der Waals surface area contributed by atoms with Gasteiger partial charge in [-0.2, -0.15) is 10.2 Å². The van der Waals surface area contributed by atoms with E-state index in [1.54, 1.807) is 0 Å². The molecule has 0 saturated heterocycles. The smallest absolute Gasteiger partial charge is 0.226 e. The van der Waals surface area contributed by atoms with Gasteiger partial charge in [0.2, 0.25) is 5.88 Å². The maximum absolute atomic E-state index is 8.66. The molecule has 0 atom stereocenters. The van der Waals surface area contributed by atoms with Crippen LogP contribution in [-0.2, 0) is 6.42 Å². The predicted octanol–water partition coefficient (Wildman–Crippen LogP) is 4.42. The molecule has 21 heavy (non-hydrogen) atoms. The molecule has 108 valence electrons. The van der Waals surface area contributed by atoms with Crippen molar-refractivity contribution in [3.8, 4) is 17.7 Å². The van der Waals surface area contributed by atoms with Crippen LogP contribution in [0.1, 0.15) is 36.7 Å². The van der Waals surface area contributed by atoms with E-state index in [2.05, 4.69) is 16.0 Å². The molecule has 0 aliphatic heterocycles. The average molecular weight is 302 g/mol. The van der Waals surface area contributed by atoms with Crippen molar-refractivity contribution in [3.05, 3.63) is 46.4 Å². The van der Waals surface area contributed by atoms with Gasteiger partial charge in [-0.05, 0) is 24.6 Å². The quantitative estimate of drug-likeness (QED) is 0.784. The standard InChI is InChI=1S/C16H16ClN3O/c1-10(2)15-19-14(17)11(3)16(20-15)21-13-6-4-12(5-7-13)8-9-18/h4-7,10H,8H2,1-3H3. The van der Waals surface area contributed by atoms with Crippen LogP contribution in [0.5, 0.6) is 11.6 Å². The van der Waals surface area contributed by atoms with Crippen molar-refractivity contribution in [1.82, 2.24) is 9.97 Å². The van der Waals surface area contributed by atoms with E-state index in [-0.39, 0.29) is 5.92 Å². The zero-order valence-corrected chi connectivity index (χ0v) is 13.0. The first-order chi connectivity index (χ1) is 10.0. The number of nitriles is 1. The van der Waals surface area contributed by atoms with E-state index in [0.717, 1.165) is 5.56 Å². The van der Waals surface area contributed by atoms with Crippen molar-refractivity contribution in [2.24, 2.45) is 0 Å². The van der Waals surface area contributed by atoms with E-state index in [0.29, 0.717) is 34.6 Å². The predicted molar refractivity (Wildman–Crippen MR) is 81.7 cm³/mol. The van der Waals surface area contributed by atoms with E-state index in [9.17, 15) is 0 Å². The Morgan fingerprint density at radius 3 is 2.48 bits per heavy atom. The summed E-state index contributed by atoms with van der Waals surface area (Å²) in [5.74, 6) is 1.95. The monoisotopic (exact) mass is 301 g/mol. The average Bonchev–Trinajstić information content (AvgIpc) is 2.45. The number of halogens is 1. The van der Waals surface area contributed by atoms with Crippen LogP contribution in [0.4, 0.5) is 0 Å². The second-order valence-electron chi connectivity index (χ2n) is 5.04. The third kappa shape index (κ3) is 3.71. The number of hydrogen-bond donors (Lipinski definition) is 0. The minimum Gasteiger partial charge on any atom is -0.439 e. The van der Waals surface area contributed by atoms with Gasteiger partial charge in [0.1, 0.15) is 16.7 Å². The Hall–Kier alpha value is -2.12. The molecule has 0 bridgehead atoms. The summed E-state index contributed by atoms with van der Waals surface area (Å²) in [5.41, 5.74) is 1.66. The van der Waals surface area contributed by atoms with Crippen molar-refractivity contribution in [1.29, 1.82) is 5.26 Å². The molecular formula is C16H16ClN3O. The normalized spacial score (nSPS) is 10.5. The maximum atomic E-state index is 8.66. The molecule has 1 aromatic heterocycles. The Balaban J connectivity index is 2.28. The van der Waals surface area contributed by atoms with Gasteiger partial charge in [0.25, 0.3) is 0 Å². The Morgan fingerprint density at radius 2 is 1.90 bits per heavy atom. The Kier molecular flexibility index (Phi) is 4.77. The molecule has 2 rings (SSSR count). The van der Waals surface area contributed by atoms with E-state index >= 15 is 0 Å². The van der Waals surface area contributed by atoms with Crippen LogP contribution >= 0.6 is 11.6 Å². The van der Waals surface area contributed by atoms with Crippen molar-refractivity contribution < 1.29 is 4.74 Å². The molecule has 0 fully saturated rings. The second kappa shape index (κ2) is 6.55. The number of benzene rings is 1. The maximum Gasteiger partial charge on any atom is 0.226 e. The van der Waals surface area contributed by atoms with E-state index in [1.807, 2.05) is 45.0 Å². The van der Waals surface area contributed by atoms with Gasteiger partial charge in [0.05, 0.1) is 12.5 Å². The molecule has 0 amide bonds. The summed E-state index contributed by atoms with van der Waals surface area (Å²) in [7, 11) is 0. The molecule has 0 aliphatic rings. The van der Waals surface area contributed by atoms with Crippen LogP contribution in [0.25, 0.3) is 0 Å². The molecule has 0 saturated carbocycles. The first-order valence-corrected chi connectivity index (χ1v) is 7.07. The Morgan fingerprint density at radius 1 is 1.24 bits per heavy atom. The lowest BCUT2D eigenvalue weighted by Gasteiger charge is -2.12.